The van der Waals surface area contributed by atoms with Gasteiger partial charge in [0, 0.05) is 35.7 Å². The van der Waals surface area contributed by atoms with Gasteiger partial charge in [-0.1, -0.05) is 23.7 Å². The van der Waals surface area contributed by atoms with Crippen LogP contribution < -0.4 is 0 Å². The number of benzene rings is 1. The lowest BCUT2D eigenvalue weighted by atomic mass is 9.73. The minimum absolute atomic E-state index is 0.203. The SMILES string of the molecule is CN(C1CC1)C1(c2ccc(Cl)cc2)CCC(N2CCOCC2)CC1. The number of hydrogen-bond acceptors (Lipinski definition) is 3. The van der Waals surface area contributed by atoms with Crippen LogP contribution in [0.4, 0.5) is 0 Å². The van der Waals surface area contributed by atoms with Crippen LogP contribution in [0.25, 0.3) is 0 Å². The predicted octanol–water partition coefficient (Wildman–Crippen LogP) is 3.90. The molecule has 0 atom stereocenters. The van der Waals surface area contributed by atoms with Crippen molar-refractivity contribution in [1.29, 1.82) is 0 Å². The summed E-state index contributed by atoms with van der Waals surface area (Å²) in [4.78, 5) is 5.35. The molecule has 2 aliphatic carbocycles. The summed E-state index contributed by atoms with van der Waals surface area (Å²) >= 11 is 6.14. The van der Waals surface area contributed by atoms with Crippen LogP contribution in [0.15, 0.2) is 24.3 Å². The Morgan fingerprint density at radius 2 is 1.67 bits per heavy atom. The Bertz CT molecular complexity index is 543. The fourth-order valence-electron chi connectivity index (χ4n) is 4.80. The van der Waals surface area contributed by atoms with E-state index in [9.17, 15) is 0 Å². The van der Waals surface area contributed by atoms with E-state index in [0.717, 1.165) is 43.4 Å². The maximum absolute atomic E-state index is 6.14. The number of hydrogen-bond donors (Lipinski definition) is 0. The number of morpholine rings is 1. The highest BCUT2D eigenvalue weighted by molar-refractivity contribution is 6.30. The van der Waals surface area contributed by atoms with E-state index in [0.29, 0.717) is 0 Å². The first-order valence-electron chi connectivity index (χ1n) is 9.50. The van der Waals surface area contributed by atoms with Crippen LogP contribution in [0.2, 0.25) is 5.02 Å². The van der Waals surface area contributed by atoms with Crippen molar-refractivity contribution >= 4 is 11.6 Å². The fraction of sp³-hybridized carbons (Fsp3) is 0.700. The molecular weight excluding hydrogens is 320 g/mol. The summed E-state index contributed by atoms with van der Waals surface area (Å²) in [5, 5.41) is 0.838. The first kappa shape index (κ1) is 16.8. The first-order valence-corrected chi connectivity index (χ1v) is 9.88. The molecule has 3 aliphatic rings. The zero-order chi connectivity index (χ0) is 16.6. The van der Waals surface area contributed by atoms with E-state index in [1.807, 2.05) is 0 Å². The van der Waals surface area contributed by atoms with Crippen molar-refractivity contribution in [1.82, 2.24) is 9.80 Å². The third-order valence-corrected chi connectivity index (χ3v) is 6.75. The molecule has 4 rings (SSSR count). The Kier molecular flexibility index (Phi) is 4.88. The molecule has 1 heterocycles. The van der Waals surface area contributed by atoms with Crippen LogP contribution in [0.1, 0.15) is 44.1 Å². The number of halogens is 1. The van der Waals surface area contributed by atoms with Crippen molar-refractivity contribution in [3.05, 3.63) is 34.9 Å². The van der Waals surface area contributed by atoms with E-state index in [1.54, 1.807) is 0 Å². The second-order valence-corrected chi connectivity index (χ2v) is 8.20. The zero-order valence-corrected chi connectivity index (χ0v) is 15.5. The van der Waals surface area contributed by atoms with Crippen LogP contribution in [-0.4, -0.2) is 55.2 Å². The average Bonchev–Trinajstić information content (AvgIpc) is 3.48. The maximum Gasteiger partial charge on any atom is 0.0594 e. The molecule has 1 aromatic rings. The molecule has 0 N–H and O–H groups in total. The Morgan fingerprint density at radius 3 is 2.25 bits per heavy atom. The number of nitrogens with zero attached hydrogens (tertiary/aromatic N) is 2. The lowest BCUT2D eigenvalue weighted by Crippen LogP contribution is -2.52. The van der Waals surface area contributed by atoms with Crippen LogP contribution >= 0.6 is 11.6 Å². The molecule has 3 fully saturated rings. The summed E-state index contributed by atoms with van der Waals surface area (Å²) in [6, 6.07) is 10.2. The Balaban J connectivity index is 1.53. The van der Waals surface area contributed by atoms with E-state index in [1.165, 1.54) is 44.1 Å². The van der Waals surface area contributed by atoms with Gasteiger partial charge >= 0.3 is 0 Å². The smallest absolute Gasteiger partial charge is 0.0594 e. The lowest BCUT2D eigenvalue weighted by Gasteiger charge is -2.49. The van der Waals surface area contributed by atoms with Crippen molar-refractivity contribution in [3.63, 3.8) is 0 Å². The van der Waals surface area contributed by atoms with Gasteiger partial charge in [0.25, 0.3) is 0 Å². The van der Waals surface area contributed by atoms with Gasteiger partial charge in [-0.15, -0.1) is 0 Å². The molecule has 0 unspecified atom stereocenters. The molecule has 1 saturated heterocycles. The Labute approximate surface area is 150 Å². The van der Waals surface area contributed by atoms with Gasteiger partial charge in [0.2, 0.25) is 0 Å². The van der Waals surface area contributed by atoms with Gasteiger partial charge in [-0.2, -0.15) is 0 Å². The molecule has 1 aliphatic heterocycles. The summed E-state index contributed by atoms with van der Waals surface area (Å²) < 4.78 is 5.53. The summed E-state index contributed by atoms with van der Waals surface area (Å²) in [6.07, 6.45) is 7.81. The van der Waals surface area contributed by atoms with Crippen LogP contribution in [0.5, 0.6) is 0 Å². The topological polar surface area (TPSA) is 15.7 Å². The van der Waals surface area contributed by atoms with Gasteiger partial charge in [0.15, 0.2) is 0 Å². The van der Waals surface area contributed by atoms with Gasteiger partial charge in [0.1, 0.15) is 0 Å². The summed E-state index contributed by atoms with van der Waals surface area (Å²) in [5.74, 6) is 0. The Morgan fingerprint density at radius 1 is 1.04 bits per heavy atom. The minimum Gasteiger partial charge on any atom is -0.379 e. The molecule has 132 valence electrons. The maximum atomic E-state index is 6.14. The van der Waals surface area contributed by atoms with Crippen molar-refractivity contribution in [2.45, 2.75) is 56.1 Å². The zero-order valence-electron chi connectivity index (χ0n) is 14.7. The van der Waals surface area contributed by atoms with Gasteiger partial charge in [-0.3, -0.25) is 9.80 Å². The van der Waals surface area contributed by atoms with Crippen molar-refractivity contribution in [2.75, 3.05) is 33.4 Å². The quantitative estimate of drug-likeness (QED) is 0.820. The van der Waals surface area contributed by atoms with Crippen LogP contribution in [-0.2, 0) is 10.3 Å². The van der Waals surface area contributed by atoms with Crippen molar-refractivity contribution < 1.29 is 4.74 Å². The third kappa shape index (κ3) is 3.24. The number of ether oxygens (including phenoxy) is 1. The van der Waals surface area contributed by atoms with Gasteiger partial charge in [-0.25, -0.2) is 0 Å². The molecule has 3 nitrogen and oxygen atoms in total. The molecular formula is C20H29ClN2O. The Hall–Kier alpha value is -0.610. The standard InChI is InChI=1S/C20H29ClN2O/c1-22(18-6-7-18)20(16-2-4-17(21)5-3-16)10-8-19(9-11-20)23-12-14-24-15-13-23/h2-5,18-19H,6-15H2,1H3. The van der Waals surface area contributed by atoms with E-state index in [4.69, 9.17) is 16.3 Å². The van der Waals surface area contributed by atoms with E-state index >= 15 is 0 Å². The number of rotatable bonds is 4. The monoisotopic (exact) mass is 348 g/mol. The molecule has 0 spiro atoms. The highest BCUT2D eigenvalue weighted by atomic mass is 35.5. The van der Waals surface area contributed by atoms with Crippen LogP contribution in [0.3, 0.4) is 0 Å². The third-order valence-electron chi connectivity index (χ3n) is 6.50. The van der Waals surface area contributed by atoms with Crippen molar-refractivity contribution in [2.24, 2.45) is 0 Å². The molecule has 0 radical (unpaired) electrons. The predicted molar refractivity (Wildman–Crippen MR) is 98.6 cm³/mol. The fourth-order valence-corrected chi connectivity index (χ4v) is 4.93. The molecule has 4 heteroatoms. The first-order chi connectivity index (χ1) is 11.7. The molecule has 1 aromatic carbocycles. The second kappa shape index (κ2) is 6.95. The summed E-state index contributed by atoms with van der Waals surface area (Å²) in [7, 11) is 2.35. The molecule has 0 aromatic heterocycles. The summed E-state index contributed by atoms with van der Waals surface area (Å²) in [5.41, 5.74) is 1.66. The van der Waals surface area contributed by atoms with Gasteiger partial charge in [-0.05, 0) is 63.3 Å². The lowest BCUT2D eigenvalue weighted by molar-refractivity contribution is -0.0171. The molecule has 24 heavy (non-hydrogen) atoms. The largest absolute Gasteiger partial charge is 0.379 e. The second-order valence-electron chi connectivity index (χ2n) is 7.76. The van der Waals surface area contributed by atoms with Gasteiger partial charge in [0.05, 0.1) is 13.2 Å². The summed E-state index contributed by atoms with van der Waals surface area (Å²) in [6.45, 7) is 4.02. The molecule has 0 amide bonds. The average molecular weight is 349 g/mol. The molecule has 2 saturated carbocycles. The minimum atomic E-state index is 0.203. The van der Waals surface area contributed by atoms with E-state index < -0.39 is 0 Å². The van der Waals surface area contributed by atoms with Gasteiger partial charge < -0.3 is 4.74 Å². The van der Waals surface area contributed by atoms with E-state index in [-0.39, 0.29) is 5.54 Å². The van der Waals surface area contributed by atoms with Crippen molar-refractivity contribution in [3.8, 4) is 0 Å². The normalized spacial score (nSPS) is 32.2. The highest BCUT2D eigenvalue weighted by Gasteiger charge is 2.46. The van der Waals surface area contributed by atoms with Crippen LogP contribution in [0, 0.1) is 0 Å². The molecule has 0 bridgehead atoms. The highest BCUT2D eigenvalue weighted by Crippen LogP contribution is 2.47. The van der Waals surface area contributed by atoms with E-state index in [2.05, 4.69) is 41.1 Å².